The summed E-state index contributed by atoms with van der Waals surface area (Å²) >= 11 is -0.362. The minimum absolute atomic E-state index is 0.362. The number of rotatable bonds is 4. The van der Waals surface area contributed by atoms with E-state index in [1.807, 2.05) is 0 Å². The molecular weight excluding hydrogens is 341 g/mol. The van der Waals surface area contributed by atoms with E-state index in [4.69, 9.17) is 8.68 Å². The predicted octanol–water partition coefficient (Wildman–Crippen LogP) is -2.03. The molecule has 2 N–H and O–H groups in total. The van der Waals surface area contributed by atoms with E-state index in [9.17, 15) is 0 Å². The Hall–Kier alpha value is -0.530. The molecule has 1 aromatic rings. The monoisotopic (exact) mass is 362 g/mol. The first-order valence-corrected chi connectivity index (χ1v) is 8.59. The molecule has 18 heavy (non-hydrogen) atoms. The molecule has 1 heterocycles. The number of nitrogens with two attached hydrogens (primary N) is 1. The van der Waals surface area contributed by atoms with Crippen LogP contribution in [0.1, 0.15) is 6.92 Å². The van der Waals surface area contributed by atoms with Gasteiger partial charge in [-0.1, -0.05) is 0 Å². The van der Waals surface area contributed by atoms with Crippen molar-refractivity contribution in [2.75, 3.05) is 44.7 Å². The van der Waals surface area contributed by atoms with E-state index >= 15 is 0 Å². The van der Waals surface area contributed by atoms with Gasteiger partial charge in [0.15, 0.2) is 0 Å². The van der Waals surface area contributed by atoms with Gasteiger partial charge in [-0.15, -0.1) is 0 Å². The second-order valence-corrected chi connectivity index (χ2v) is 6.22. The maximum absolute atomic E-state index is 5.77. The van der Waals surface area contributed by atoms with Gasteiger partial charge in [0.2, 0.25) is 0 Å². The third-order valence-corrected chi connectivity index (χ3v) is 4.82. The third kappa shape index (κ3) is 3.07. The fourth-order valence-corrected chi connectivity index (χ4v) is 3.14. The molecule has 5 heteroatoms. The predicted molar refractivity (Wildman–Crippen MR) is 70.2 cm³/mol. The van der Waals surface area contributed by atoms with Crippen LogP contribution in [0, 0.1) is 3.57 Å². The average molecular weight is 362 g/mol. The van der Waals surface area contributed by atoms with Crippen LogP contribution in [0.25, 0.3) is 0 Å². The fraction of sp³-hybridized carbons (Fsp3) is 0.538. The number of nitrogens with zero attached hydrogens (tertiary/aromatic N) is 2. The molecule has 0 aromatic heterocycles. The molecule has 1 fully saturated rings. The molecule has 1 aliphatic heterocycles. The number of benzene rings is 1. The summed E-state index contributed by atoms with van der Waals surface area (Å²) in [6.07, 6.45) is 0. The molecule has 1 aromatic carbocycles. The second kappa shape index (κ2) is 6.58. The molecule has 0 amide bonds. The van der Waals surface area contributed by atoms with Crippen LogP contribution in [-0.2, 0) is 0 Å². The van der Waals surface area contributed by atoms with Gasteiger partial charge in [0.1, 0.15) is 0 Å². The van der Waals surface area contributed by atoms with Crippen molar-refractivity contribution >= 4 is 5.69 Å². The zero-order valence-electron chi connectivity index (χ0n) is 11.0. The molecule has 1 saturated heterocycles. The molecule has 0 aliphatic carbocycles. The van der Waals surface area contributed by atoms with Gasteiger partial charge in [-0.2, -0.15) is 0 Å². The van der Waals surface area contributed by atoms with E-state index in [2.05, 4.69) is 34.9 Å². The normalized spacial score (nSPS) is 17.2. The van der Waals surface area contributed by atoms with Crippen molar-refractivity contribution in [3.63, 3.8) is 0 Å². The zero-order chi connectivity index (χ0) is 13.0. The number of piperazine rings is 1. The van der Waals surface area contributed by atoms with Crippen LogP contribution in [-0.4, -0.2) is 44.7 Å². The molecule has 4 nitrogen and oxygen atoms in total. The van der Waals surface area contributed by atoms with Gasteiger partial charge in [-0.05, 0) is 0 Å². The number of anilines is 1. The maximum atomic E-state index is 5.77. The average Bonchev–Trinajstić information content (AvgIpc) is 2.46. The molecule has 102 valence electrons. The topological polar surface area (TPSA) is 41.7 Å². The van der Waals surface area contributed by atoms with E-state index in [1.54, 1.807) is 7.11 Å². The van der Waals surface area contributed by atoms with Gasteiger partial charge in [0.25, 0.3) is 0 Å². The standard InChI is InChI=1S/C13H21IN3O/c1-3-16-6-8-17(9-7-16)12-5-4-11(14-15)10-13(12)18-2/h4-5,10H,3,6-9,15H2,1-2H3/q-1. The van der Waals surface area contributed by atoms with E-state index in [0.29, 0.717) is 0 Å². The van der Waals surface area contributed by atoms with Crippen molar-refractivity contribution in [2.45, 2.75) is 6.92 Å². The summed E-state index contributed by atoms with van der Waals surface area (Å²) in [5, 5.41) is 0. The fourth-order valence-electron chi connectivity index (χ4n) is 2.29. The summed E-state index contributed by atoms with van der Waals surface area (Å²) in [6.45, 7) is 7.76. The van der Waals surface area contributed by atoms with Crippen molar-refractivity contribution in [3.8, 4) is 5.75 Å². The zero-order valence-corrected chi connectivity index (χ0v) is 13.2. The van der Waals surface area contributed by atoms with Crippen LogP contribution in [0.15, 0.2) is 18.2 Å². The van der Waals surface area contributed by atoms with Gasteiger partial charge < -0.3 is 0 Å². The Morgan fingerprint density at radius 2 is 2.00 bits per heavy atom. The summed E-state index contributed by atoms with van der Waals surface area (Å²) < 4.78 is 12.5. The quantitative estimate of drug-likeness (QED) is 0.496. The molecule has 0 spiro atoms. The molecular formula is C13H21IN3O-. The number of halogens is 1. The molecule has 0 bridgehead atoms. The van der Waals surface area contributed by atoms with Gasteiger partial charge in [-0.3, -0.25) is 0 Å². The Bertz CT molecular complexity index is 392. The Labute approximate surface area is 120 Å². The number of methoxy groups -OCH3 is 1. The van der Waals surface area contributed by atoms with E-state index < -0.39 is 0 Å². The van der Waals surface area contributed by atoms with Crippen LogP contribution in [0.2, 0.25) is 0 Å². The van der Waals surface area contributed by atoms with Crippen molar-refractivity contribution in [2.24, 2.45) is 3.95 Å². The third-order valence-electron chi connectivity index (χ3n) is 3.43. The summed E-state index contributed by atoms with van der Waals surface area (Å²) in [4.78, 5) is 4.88. The van der Waals surface area contributed by atoms with Gasteiger partial charge in [0, 0.05) is 0 Å². The van der Waals surface area contributed by atoms with Gasteiger partial charge in [0.05, 0.1) is 0 Å². The van der Waals surface area contributed by atoms with Crippen LogP contribution in [0.3, 0.4) is 0 Å². The molecule has 0 unspecified atom stereocenters. The first-order valence-electron chi connectivity index (χ1n) is 6.27. The second-order valence-electron chi connectivity index (χ2n) is 4.35. The first kappa shape index (κ1) is 13.9. The van der Waals surface area contributed by atoms with E-state index in [-0.39, 0.29) is 21.5 Å². The summed E-state index contributed by atoms with van der Waals surface area (Å²) in [7, 11) is 1.74. The number of hydrogen-bond donors (Lipinski definition) is 1. The summed E-state index contributed by atoms with van der Waals surface area (Å²) in [5.41, 5.74) is 1.20. The van der Waals surface area contributed by atoms with Crippen LogP contribution < -0.4 is 35.1 Å². The molecule has 0 radical (unpaired) electrons. The van der Waals surface area contributed by atoms with Crippen LogP contribution in [0.4, 0.5) is 5.69 Å². The SMILES string of the molecule is CCN1CCN(c2ccc([I-]N)cc2OC)CC1. The number of ether oxygens (including phenoxy) is 1. The molecule has 1 aliphatic rings. The summed E-state index contributed by atoms with van der Waals surface area (Å²) in [6, 6.07) is 6.38. The number of likely N-dealkylation sites (N-methyl/N-ethyl adjacent to an activating group) is 1. The molecule has 2 rings (SSSR count). The molecule has 0 saturated carbocycles. The van der Waals surface area contributed by atoms with Crippen LogP contribution >= 0.6 is 0 Å². The van der Waals surface area contributed by atoms with Gasteiger partial charge in [-0.25, -0.2) is 0 Å². The van der Waals surface area contributed by atoms with Gasteiger partial charge >= 0.3 is 120 Å². The summed E-state index contributed by atoms with van der Waals surface area (Å²) in [5.74, 6) is 0.961. The minimum atomic E-state index is -0.362. The first-order chi connectivity index (χ1) is 8.78. The van der Waals surface area contributed by atoms with Crippen molar-refractivity contribution in [1.29, 1.82) is 0 Å². The number of hydrogen-bond acceptors (Lipinski definition) is 4. The van der Waals surface area contributed by atoms with E-state index in [0.717, 1.165) is 38.5 Å². The molecule has 0 atom stereocenters. The Morgan fingerprint density at radius 1 is 1.28 bits per heavy atom. The Balaban J connectivity index is 2.13. The van der Waals surface area contributed by atoms with Crippen LogP contribution in [0.5, 0.6) is 5.75 Å². The Morgan fingerprint density at radius 3 is 2.56 bits per heavy atom. The van der Waals surface area contributed by atoms with Crippen molar-refractivity contribution in [1.82, 2.24) is 4.90 Å². The van der Waals surface area contributed by atoms with E-state index in [1.165, 1.54) is 9.26 Å². The van der Waals surface area contributed by atoms with Crippen molar-refractivity contribution in [3.05, 3.63) is 21.8 Å². The Kier molecular flexibility index (Phi) is 5.08. The van der Waals surface area contributed by atoms with Crippen molar-refractivity contribution < 1.29 is 26.2 Å².